The summed E-state index contributed by atoms with van der Waals surface area (Å²) in [6, 6.07) is 10.1. The van der Waals surface area contributed by atoms with E-state index in [1.165, 1.54) is 5.56 Å². The Hall–Kier alpha value is -0.870. The smallest absolute Gasteiger partial charge is 0.130 e. The number of nitrogens with zero attached hydrogens (tertiary/aromatic N) is 1. The molecular weight excluding hydrogens is 344 g/mol. The predicted octanol–water partition coefficient (Wildman–Crippen LogP) is 4.97. The van der Waals surface area contributed by atoms with E-state index in [0.29, 0.717) is 0 Å². The van der Waals surface area contributed by atoms with Crippen LogP contribution >= 0.6 is 31.9 Å². The number of pyridine rings is 1. The van der Waals surface area contributed by atoms with Crippen molar-refractivity contribution in [2.45, 2.75) is 13.8 Å². The number of nitrogens with one attached hydrogen (secondary N) is 1. The van der Waals surface area contributed by atoms with Crippen LogP contribution in [-0.2, 0) is 0 Å². The Morgan fingerprint density at radius 2 is 1.71 bits per heavy atom. The minimum absolute atomic E-state index is 0.854. The average molecular weight is 356 g/mol. The lowest BCUT2D eigenvalue weighted by atomic mass is 10.2. The molecule has 1 aromatic carbocycles. The lowest BCUT2D eigenvalue weighted by molar-refractivity contribution is 1.18. The first-order chi connectivity index (χ1) is 8.06. The highest BCUT2D eigenvalue weighted by molar-refractivity contribution is 9.10. The number of hydrogen-bond acceptors (Lipinski definition) is 2. The van der Waals surface area contributed by atoms with E-state index >= 15 is 0 Å². The third-order valence-corrected chi connectivity index (χ3v) is 4.18. The van der Waals surface area contributed by atoms with Crippen LogP contribution in [0.25, 0.3) is 0 Å². The van der Waals surface area contributed by atoms with Gasteiger partial charge in [-0.2, -0.15) is 0 Å². The van der Waals surface area contributed by atoms with E-state index in [1.54, 1.807) is 0 Å². The number of rotatable bonds is 2. The number of benzene rings is 1. The van der Waals surface area contributed by atoms with Crippen molar-refractivity contribution in [3.63, 3.8) is 0 Å². The second kappa shape index (κ2) is 5.19. The fraction of sp³-hybridized carbons (Fsp3) is 0.154. The minimum Gasteiger partial charge on any atom is -0.340 e. The summed E-state index contributed by atoms with van der Waals surface area (Å²) in [7, 11) is 0. The van der Waals surface area contributed by atoms with Gasteiger partial charge in [0, 0.05) is 14.6 Å². The zero-order valence-electron chi connectivity index (χ0n) is 9.59. The minimum atomic E-state index is 0.854. The van der Waals surface area contributed by atoms with E-state index < -0.39 is 0 Å². The Bertz CT molecular complexity index is 504. The molecule has 88 valence electrons. The molecule has 0 saturated carbocycles. The van der Waals surface area contributed by atoms with Gasteiger partial charge in [-0.05, 0) is 65.7 Å². The monoisotopic (exact) mass is 354 g/mol. The molecular formula is C13H12Br2N2. The lowest BCUT2D eigenvalue weighted by Gasteiger charge is -2.08. The van der Waals surface area contributed by atoms with Gasteiger partial charge in [0.15, 0.2) is 0 Å². The molecule has 0 fully saturated rings. The molecule has 1 heterocycles. The van der Waals surface area contributed by atoms with Gasteiger partial charge in [-0.25, -0.2) is 4.98 Å². The zero-order valence-corrected chi connectivity index (χ0v) is 12.8. The maximum Gasteiger partial charge on any atom is 0.130 e. The van der Waals surface area contributed by atoms with Crippen LogP contribution in [0.15, 0.2) is 39.3 Å². The van der Waals surface area contributed by atoms with Crippen LogP contribution in [0.5, 0.6) is 0 Å². The first-order valence-electron chi connectivity index (χ1n) is 5.22. The molecule has 0 spiro atoms. The molecule has 2 rings (SSSR count). The van der Waals surface area contributed by atoms with Crippen molar-refractivity contribution in [2.75, 3.05) is 5.32 Å². The number of halogens is 2. The summed E-state index contributed by atoms with van der Waals surface area (Å²) in [6.45, 7) is 4.04. The Balaban J connectivity index is 2.25. The van der Waals surface area contributed by atoms with Crippen molar-refractivity contribution < 1.29 is 0 Å². The number of aromatic nitrogens is 1. The third-order valence-electron chi connectivity index (χ3n) is 2.45. The fourth-order valence-corrected chi connectivity index (χ4v) is 1.95. The second-order valence-electron chi connectivity index (χ2n) is 3.85. The van der Waals surface area contributed by atoms with E-state index in [1.807, 2.05) is 31.2 Å². The van der Waals surface area contributed by atoms with Gasteiger partial charge in [0.2, 0.25) is 0 Å². The van der Waals surface area contributed by atoms with Gasteiger partial charge in [0.05, 0.1) is 5.69 Å². The Morgan fingerprint density at radius 3 is 2.35 bits per heavy atom. The maximum absolute atomic E-state index is 4.45. The molecule has 2 aromatic rings. The number of aryl methyl sites for hydroxylation is 2. The molecule has 0 aliphatic carbocycles. The van der Waals surface area contributed by atoms with Crippen molar-refractivity contribution in [2.24, 2.45) is 0 Å². The highest BCUT2D eigenvalue weighted by Gasteiger charge is 2.01. The van der Waals surface area contributed by atoms with Crippen molar-refractivity contribution in [3.8, 4) is 0 Å². The predicted molar refractivity (Wildman–Crippen MR) is 78.8 cm³/mol. The van der Waals surface area contributed by atoms with E-state index in [9.17, 15) is 0 Å². The first-order valence-corrected chi connectivity index (χ1v) is 6.81. The van der Waals surface area contributed by atoms with Gasteiger partial charge >= 0.3 is 0 Å². The van der Waals surface area contributed by atoms with Crippen LogP contribution in [0.4, 0.5) is 11.5 Å². The quantitative estimate of drug-likeness (QED) is 0.822. The summed E-state index contributed by atoms with van der Waals surface area (Å²) in [6.07, 6.45) is 0. The van der Waals surface area contributed by atoms with Crippen LogP contribution in [0, 0.1) is 13.8 Å². The summed E-state index contributed by atoms with van der Waals surface area (Å²) in [5.41, 5.74) is 3.22. The molecule has 4 heteroatoms. The molecule has 0 aliphatic heterocycles. The highest BCUT2D eigenvalue weighted by Crippen LogP contribution is 2.23. The van der Waals surface area contributed by atoms with Gasteiger partial charge < -0.3 is 5.32 Å². The standard InChI is InChI=1S/C13H12Br2N2/c1-8-7-10(3-4-11(8)14)17-13-6-5-12(15)9(2)16-13/h3-7H,1-2H3,(H,16,17). The van der Waals surface area contributed by atoms with E-state index in [0.717, 1.165) is 26.1 Å². The van der Waals surface area contributed by atoms with E-state index in [-0.39, 0.29) is 0 Å². The SMILES string of the molecule is Cc1cc(Nc2ccc(Br)c(C)n2)ccc1Br. The molecule has 1 N–H and O–H groups in total. The normalized spacial score (nSPS) is 10.4. The molecule has 0 saturated heterocycles. The van der Waals surface area contributed by atoms with Crippen LogP contribution < -0.4 is 5.32 Å². The summed E-state index contributed by atoms with van der Waals surface area (Å²) in [4.78, 5) is 4.45. The van der Waals surface area contributed by atoms with Gasteiger partial charge in [-0.1, -0.05) is 15.9 Å². The van der Waals surface area contributed by atoms with Crippen LogP contribution in [0.1, 0.15) is 11.3 Å². The van der Waals surface area contributed by atoms with Crippen molar-refractivity contribution in [1.82, 2.24) is 4.98 Å². The van der Waals surface area contributed by atoms with E-state index in [4.69, 9.17) is 0 Å². The Kier molecular flexibility index (Phi) is 3.84. The third kappa shape index (κ3) is 3.07. The van der Waals surface area contributed by atoms with Gasteiger partial charge in [0.1, 0.15) is 5.82 Å². The second-order valence-corrected chi connectivity index (χ2v) is 5.56. The van der Waals surface area contributed by atoms with Crippen LogP contribution in [-0.4, -0.2) is 4.98 Å². The number of anilines is 2. The van der Waals surface area contributed by atoms with Crippen LogP contribution in [0.3, 0.4) is 0 Å². The van der Waals surface area contributed by atoms with Crippen molar-refractivity contribution in [1.29, 1.82) is 0 Å². The Morgan fingerprint density at radius 1 is 1.00 bits per heavy atom. The largest absolute Gasteiger partial charge is 0.340 e. The zero-order chi connectivity index (χ0) is 12.4. The average Bonchev–Trinajstić information content (AvgIpc) is 2.29. The lowest BCUT2D eigenvalue weighted by Crippen LogP contribution is -1.95. The van der Waals surface area contributed by atoms with Gasteiger partial charge in [0.25, 0.3) is 0 Å². The van der Waals surface area contributed by atoms with Gasteiger partial charge in [-0.3, -0.25) is 0 Å². The topological polar surface area (TPSA) is 24.9 Å². The molecule has 0 atom stereocenters. The molecule has 0 aliphatic rings. The molecule has 17 heavy (non-hydrogen) atoms. The molecule has 0 radical (unpaired) electrons. The summed E-state index contributed by atoms with van der Waals surface area (Å²) >= 11 is 6.93. The fourth-order valence-electron chi connectivity index (χ4n) is 1.48. The van der Waals surface area contributed by atoms with Crippen molar-refractivity contribution >= 4 is 43.4 Å². The van der Waals surface area contributed by atoms with Crippen LogP contribution in [0.2, 0.25) is 0 Å². The molecule has 2 nitrogen and oxygen atoms in total. The first kappa shape index (κ1) is 12.6. The van der Waals surface area contributed by atoms with E-state index in [2.05, 4.69) is 55.2 Å². The molecule has 0 amide bonds. The molecule has 1 aromatic heterocycles. The Labute approximate surface area is 118 Å². The molecule has 0 unspecified atom stereocenters. The van der Waals surface area contributed by atoms with Crippen molar-refractivity contribution in [3.05, 3.63) is 50.5 Å². The summed E-state index contributed by atoms with van der Waals surface area (Å²) < 4.78 is 2.14. The summed E-state index contributed by atoms with van der Waals surface area (Å²) in [5.74, 6) is 0.854. The maximum atomic E-state index is 4.45. The highest BCUT2D eigenvalue weighted by atomic mass is 79.9. The number of hydrogen-bond donors (Lipinski definition) is 1. The van der Waals surface area contributed by atoms with Gasteiger partial charge in [-0.15, -0.1) is 0 Å². The summed E-state index contributed by atoms with van der Waals surface area (Å²) in [5, 5.41) is 3.29. The molecule has 0 bridgehead atoms.